The number of hydrogen-bond donors (Lipinski definition) is 1. The van der Waals surface area contributed by atoms with Crippen LogP contribution in [-0.2, 0) is 4.79 Å². The fourth-order valence-corrected chi connectivity index (χ4v) is 2.61. The second kappa shape index (κ2) is 6.53. The lowest BCUT2D eigenvalue weighted by molar-refractivity contribution is -0.120. The van der Waals surface area contributed by atoms with Crippen LogP contribution in [0, 0.1) is 0 Å². The smallest absolute Gasteiger partial charge is 0.219 e. The predicted molar refractivity (Wildman–Crippen MR) is 81.5 cm³/mol. The van der Waals surface area contributed by atoms with Crippen LogP contribution in [0.3, 0.4) is 0 Å². The minimum absolute atomic E-state index is 0.113. The molecule has 0 aliphatic heterocycles. The highest BCUT2D eigenvalue weighted by molar-refractivity contribution is 7.08. The molecule has 1 aromatic heterocycles. The normalized spacial score (nSPS) is 12.1. The van der Waals surface area contributed by atoms with E-state index in [0.717, 1.165) is 0 Å². The maximum Gasteiger partial charge on any atom is 0.219 e. The number of nitrogens with one attached hydrogen (secondary N) is 1. The van der Waals surface area contributed by atoms with Gasteiger partial charge in [-0.05, 0) is 39.4 Å². The van der Waals surface area contributed by atoms with E-state index in [9.17, 15) is 4.79 Å². The van der Waals surface area contributed by atoms with Gasteiger partial charge in [0.25, 0.3) is 0 Å². The summed E-state index contributed by atoms with van der Waals surface area (Å²) in [6.45, 7) is 4.70. The summed E-state index contributed by atoms with van der Waals surface area (Å²) in [4.78, 5) is 11.2. The molecule has 0 saturated heterocycles. The Bertz CT molecular complexity index is 516. The van der Waals surface area contributed by atoms with Gasteiger partial charge < -0.3 is 5.32 Å². The summed E-state index contributed by atoms with van der Waals surface area (Å²) in [6, 6.07) is 10.7. The summed E-state index contributed by atoms with van der Waals surface area (Å²) in [6.07, 6.45) is 0.545. The molecule has 1 atom stereocenters. The summed E-state index contributed by atoms with van der Waals surface area (Å²) < 4.78 is 0. The van der Waals surface area contributed by atoms with Crippen molar-refractivity contribution in [2.24, 2.45) is 0 Å². The van der Waals surface area contributed by atoms with Gasteiger partial charge in [0, 0.05) is 13.0 Å². The van der Waals surface area contributed by atoms with Crippen molar-refractivity contribution in [3.05, 3.63) is 46.7 Å². The Hall–Kier alpha value is -1.61. The highest BCUT2D eigenvalue weighted by atomic mass is 32.1. The topological polar surface area (TPSA) is 29.1 Å². The van der Waals surface area contributed by atoms with Crippen LogP contribution in [0.1, 0.15) is 31.7 Å². The Morgan fingerprint density at radius 1 is 1.21 bits per heavy atom. The first kappa shape index (κ1) is 13.8. The van der Waals surface area contributed by atoms with Crippen LogP contribution in [0.25, 0.3) is 11.1 Å². The molecular weight excluding hydrogens is 254 g/mol. The Morgan fingerprint density at radius 2 is 1.95 bits per heavy atom. The van der Waals surface area contributed by atoms with E-state index in [1.165, 1.54) is 16.7 Å². The quantitative estimate of drug-likeness (QED) is 0.875. The number of amides is 1. The number of thiophene rings is 1. The van der Waals surface area contributed by atoms with Crippen LogP contribution in [0.4, 0.5) is 0 Å². The van der Waals surface area contributed by atoms with Crippen LogP contribution in [0.5, 0.6) is 0 Å². The maximum atomic E-state index is 11.2. The van der Waals surface area contributed by atoms with Crippen molar-refractivity contribution < 1.29 is 4.79 Å². The van der Waals surface area contributed by atoms with E-state index >= 15 is 0 Å². The third-order valence-corrected chi connectivity index (χ3v) is 3.94. The molecule has 0 aliphatic rings. The predicted octanol–water partition coefficient (Wildman–Crippen LogP) is 4.04. The summed E-state index contributed by atoms with van der Waals surface area (Å²) in [5, 5.41) is 7.18. The standard InChI is InChI=1S/C16H19NOS/c1-3-16(18)17-10-12(2)13-4-6-14(7-5-13)15-8-9-19-11-15/h4-9,11-12H,3,10H2,1-2H3,(H,17,18). The Kier molecular flexibility index (Phi) is 4.74. The highest BCUT2D eigenvalue weighted by Crippen LogP contribution is 2.24. The van der Waals surface area contributed by atoms with Gasteiger partial charge in [0.05, 0.1) is 0 Å². The fraction of sp³-hybridized carbons (Fsp3) is 0.312. The SMILES string of the molecule is CCC(=O)NCC(C)c1ccc(-c2ccsc2)cc1. The zero-order chi connectivity index (χ0) is 13.7. The molecule has 2 rings (SSSR count). The van der Waals surface area contributed by atoms with Gasteiger partial charge in [0.1, 0.15) is 0 Å². The third-order valence-electron chi connectivity index (χ3n) is 3.26. The van der Waals surface area contributed by atoms with Crippen molar-refractivity contribution in [1.29, 1.82) is 0 Å². The maximum absolute atomic E-state index is 11.2. The molecule has 0 radical (unpaired) electrons. The number of rotatable bonds is 5. The van der Waals surface area contributed by atoms with Gasteiger partial charge in [0.2, 0.25) is 5.91 Å². The van der Waals surface area contributed by atoms with E-state index in [4.69, 9.17) is 0 Å². The average molecular weight is 273 g/mol. The van der Waals surface area contributed by atoms with Gasteiger partial charge in [-0.2, -0.15) is 11.3 Å². The first-order chi connectivity index (χ1) is 9.20. The van der Waals surface area contributed by atoms with Crippen LogP contribution in [0.15, 0.2) is 41.1 Å². The van der Waals surface area contributed by atoms with E-state index in [0.29, 0.717) is 18.9 Å². The van der Waals surface area contributed by atoms with Crippen molar-refractivity contribution in [2.75, 3.05) is 6.54 Å². The monoisotopic (exact) mass is 273 g/mol. The molecule has 19 heavy (non-hydrogen) atoms. The molecule has 1 amide bonds. The van der Waals surface area contributed by atoms with Crippen molar-refractivity contribution >= 4 is 17.2 Å². The molecule has 2 aromatic rings. The van der Waals surface area contributed by atoms with E-state index in [2.05, 4.69) is 53.3 Å². The number of carbonyl (C=O) groups excluding carboxylic acids is 1. The number of benzene rings is 1. The zero-order valence-electron chi connectivity index (χ0n) is 11.3. The molecular formula is C16H19NOS. The zero-order valence-corrected chi connectivity index (χ0v) is 12.2. The van der Waals surface area contributed by atoms with E-state index < -0.39 is 0 Å². The lowest BCUT2D eigenvalue weighted by Crippen LogP contribution is -2.26. The number of carbonyl (C=O) groups is 1. The highest BCUT2D eigenvalue weighted by Gasteiger charge is 2.07. The van der Waals surface area contributed by atoms with Crippen LogP contribution in [-0.4, -0.2) is 12.5 Å². The molecule has 0 saturated carbocycles. The molecule has 1 N–H and O–H groups in total. The van der Waals surface area contributed by atoms with Crippen molar-refractivity contribution in [1.82, 2.24) is 5.32 Å². The molecule has 1 heterocycles. The van der Waals surface area contributed by atoms with E-state index in [-0.39, 0.29) is 5.91 Å². The minimum Gasteiger partial charge on any atom is -0.356 e. The summed E-state index contributed by atoms with van der Waals surface area (Å²) in [7, 11) is 0. The summed E-state index contributed by atoms with van der Waals surface area (Å²) in [5.74, 6) is 0.453. The molecule has 3 heteroatoms. The average Bonchev–Trinajstić information content (AvgIpc) is 2.98. The largest absolute Gasteiger partial charge is 0.356 e. The molecule has 0 aliphatic carbocycles. The van der Waals surface area contributed by atoms with Gasteiger partial charge in [-0.3, -0.25) is 4.79 Å². The second-order valence-electron chi connectivity index (χ2n) is 4.69. The van der Waals surface area contributed by atoms with Gasteiger partial charge >= 0.3 is 0 Å². The minimum atomic E-state index is 0.113. The summed E-state index contributed by atoms with van der Waals surface area (Å²) in [5.41, 5.74) is 3.77. The van der Waals surface area contributed by atoms with Crippen molar-refractivity contribution in [3.63, 3.8) is 0 Å². The van der Waals surface area contributed by atoms with E-state index in [1.807, 2.05) is 6.92 Å². The molecule has 0 fully saturated rings. The second-order valence-corrected chi connectivity index (χ2v) is 5.47. The number of hydrogen-bond acceptors (Lipinski definition) is 2. The Labute approximate surface area is 118 Å². The van der Waals surface area contributed by atoms with E-state index in [1.54, 1.807) is 11.3 Å². The van der Waals surface area contributed by atoms with Gasteiger partial charge in [-0.25, -0.2) is 0 Å². The first-order valence-corrected chi connectivity index (χ1v) is 7.54. The Balaban J connectivity index is 2.00. The van der Waals surface area contributed by atoms with Crippen LogP contribution >= 0.6 is 11.3 Å². The molecule has 2 nitrogen and oxygen atoms in total. The van der Waals surface area contributed by atoms with Gasteiger partial charge in [-0.1, -0.05) is 38.1 Å². The van der Waals surface area contributed by atoms with Crippen LogP contribution < -0.4 is 5.32 Å². The molecule has 0 spiro atoms. The van der Waals surface area contributed by atoms with Gasteiger partial charge in [-0.15, -0.1) is 0 Å². The van der Waals surface area contributed by atoms with Crippen LogP contribution in [0.2, 0.25) is 0 Å². The Morgan fingerprint density at radius 3 is 2.53 bits per heavy atom. The lowest BCUT2D eigenvalue weighted by Gasteiger charge is -2.13. The molecule has 1 aromatic carbocycles. The molecule has 0 bridgehead atoms. The fourth-order valence-electron chi connectivity index (χ4n) is 1.94. The van der Waals surface area contributed by atoms with Gasteiger partial charge in [0.15, 0.2) is 0 Å². The van der Waals surface area contributed by atoms with Crippen molar-refractivity contribution in [2.45, 2.75) is 26.2 Å². The first-order valence-electron chi connectivity index (χ1n) is 6.60. The van der Waals surface area contributed by atoms with Crippen molar-refractivity contribution in [3.8, 4) is 11.1 Å². The third kappa shape index (κ3) is 3.67. The molecule has 1 unspecified atom stereocenters. The summed E-state index contributed by atoms with van der Waals surface area (Å²) >= 11 is 1.71. The molecule has 100 valence electrons. The lowest BCUT2D eigenvalue weighted by atomic mass is 9.98.